The molecule has 2 aliphatic rings. The van der Waals surface area contributed by atoms with E-state index in [9.17, 15) is 14.4 Å². The molecule has 1 heterocycles. The lowest BCUT2D eigenvalue weighted by atomic mass is 9.94. The molecule has 6 heteroatoms. The largest absolute Gasteiger partial charge is 0.331 e. The van der Waals surface area contributed by atoms with Gasteiger partial charge in [-0.25, -0.2) is 4.79 Å². The van der Waals surface area contributed by atoms with Crippen LogP contribution in [0.3, 0.4) is 0 Å². The standard InChI is InChI=1S/C14H13ClN2O3/c1-14(6-7-14)17-12(19)10(11(18)16-13(17)20)8-4-2-3-5-9(8)15/h2-5,10H,6-7H2,1H3,(H,16,18,20). The Kier molecular flexibility index (Phi) is 2.83. The number of hydrogen-bond donors (Lipinski definition) is 1. The third kappa shape index (κ3) is 1.89. The lowest BCUT2D eigenvalue weighted by Crippen LogP contribution is -2.60. The second kappa shape index (κ2) is 4.31. The van der Waals surface area contributed by atoms with Crippen molar-refractivity contribution in [3.8, 4) is 0 Å². The van der Waals surface area contributed by atoms with Gasteiger partial charge in [-0.05, 0) is 31.4 Å². The molecule has 1 saturated carbocycles. The molecular weight excluding hydrogens is 280 g/mol. The van der Waals surface area contributed by atoms with Crippen LogP contribution in [0.5, 0.6) is 0 Å². The predicted octanol–water partition coefficient (Wildman–Crippen LogP) is 2.05. The Bertz CT molecular complexity index is 625. The molecule has 2 fully saturated rings. The third-order valence-corrected chi connectivity index (χ3v) is 4.24. The highest BCUT2D eigenvalue weighted by Crippen LogP contribution is 2.44. The summed E-state index contributed by atoms with van der Waals surface area (Å²) in [7, 11) is 0. The fraction of sp³-hybridized carbons (Fsp3) is 0.357. The number of urea groups is 1. The Morgan fingerprint density at radius 1 is 1.25 bits per heavy atom. The van der Waals surface area contributed by atoms with Gasteiger partial charge in [-0.2, -0.15) is 0 Å². The van der Waals surface area contributed by atoms with E-state index < -0.39 is 29.3 Å². The van der Waals surface area contributed by atoms with Crippen LogP contribution in [0.25, 0.3) is 0 Å². The molecule has 1 aromatic carbocycles. The van der Waals surface area contributed by atoms with Crippen molar-refractivity contribution in [1.29, 1.82) is 0 Å². The number of amides is 4. The molecule has 20 heavy (non-hydrogen) atoms. The van der Waals surface area contributed by atoms with Gasteiger partial charge in [-0.15, -0.1) is 0 Å². The summed E-state index contributed by atoms with van der Waals surface area (Å²) in [5.41, 5.74) is -0.0418. The Morgan fingerprint density at radius 3 is 2.50 bits per heavy atom. The summed E-state index contributed by atoms with van der Waals surface area (Å²) in [5, 5.41) is 2.59. The highest BCUT2D eigenvalue weighted by Gasteiger charge is 2.54. The third-order valence-electron chi connectivity index (χ3n) is 3.89. The number of benzene rings is 1. The fourth-order valence-electron chi connectivity index (χ4n) is 2.47. The summed E-state index contributed by atoms with van der Waals surface area (Å²) in [6.45, 7) is 1.84. The number of nitrogens with zero attached hydrogens (tertiary/aromatic N) is 1. The van der Waals surface area contributed by atoms with Crippen LogP contribution in [0.2, 0.25) is 5.02 Å². The maximum atomic E-state index is 12.6. The molecular formula is C14H13ClN2O3. The Hall–Kier alpha value is -1.88. The van der Waals surface area contributed by atoms with Crippen molar-refractivity contribution in [2.75, 3.05) is 0 Å². The average molecular weight is 293 g/mol. The van der Waals surface area contributed by atoms with Crippen molar-refractivity contribution >= 4 is 29.4 Å². The molecule has 1 aliphatic heterocycles. The maximum Gasteiger partial charge on any atom is 0.331 e. The zero-order chi connectivity index (χ0) is 14.5. The van der Waals surface area contributed by atoms with Gasteiger partial charge in [0, 0.05) is 10.6 Å². The summed E-state index contributed by atoms with van der Waals surface area (Å²) in [6, 6.07) is 6.05. The highest BCUT2D eigenvalue weighted by atomic mass is 35.5. The fourth-order valence-corrected chi connectivity index (χ4v) is 2.72. The minimum absolute atomic E-state index is 0.344. The van der Waals surface area contributed by atoms with Crippen molar-refractivity contribution in [3.05, 3.63) is 34.9 Å². The second-order valence-electron chi connectivity index (χ2n) is 5.42. The molecule has 0 aromatic heterocycles. The first-order valence-corrected chi connectivity index (χ1v) is 6.75. The number of rotatable bonds is 2. The van der Waals surface area contributed by atoms with Crippen molar-refractivity contribution in [3.63, 3.8) is 0 Å². The van der Waals surface area contributed by atoms with E-state index in [4.69, 9.17) is 11.6 Å². The van der Waals surface area contributed by atoms with Crippen LogP contribution in [0.1, 0.15) is 31.2 Å². The smallest absolute Gasteiger partial charge is 0.277 e. The second-order valence-corrected chi connectivity index (χ2v) is 5.83. The van der Waals surface area contributed by atoms with E-state index in [1.54, 1.807) is 24.3 Å². The molecule has 0 bridgehead atoms. The van der Waals surface area contributed by atoms with Crippen LogP contribution < -0.4 is 5.32 Å². The maximum absolute atomic E-state index is 12.6. The summed E-state index contributed by atoms with van der Waals surface area (Å²) >= 11 is 6.07. The quantitative estimate of drug-likeness (QED) is 0.849. The first-order valence-electron chi connectivity index (χ1n) is 6.37. The summed E-state index contributed by atoms with van der Waals surface area (Å²) < 4.78 is 0. The first-order chi connectivity index (χ1) is 9.44. The molecule has 3 rings (SSSR count). The van der Waals surface area contributed by atoms with Gasteiger partial charge in [0.2, 0.25) is 11.8 Å². The van der Waals surface area contributed by atoms with Crippen LogP contribution in [0.15, 0.2) is 24.3 Å². The Balaban J connectivity index is 2.02. The molecule has 1 N–H and O–H groups in total. The number of imide groups is 2. The molecule has 5 nitrogen and oxygen atoms in total. The van der Waals surface area contributed by atoms with Crippen molar-refractivity contribution in [2.24, 2.45) is 0 Å². The monoisotopic (exact) mass is 292 g/mol. The number of barbiturate groups is 1. The van der Waals surface area contributed by atoms with Crippen LogP contribution in [-0.2, 0) is 9.59 Å². The molecule has 1 saturated heterocycles. The zero-order valence-corrected chi connectivity index (χ0v) is 11.6. The topological polar surface area (TPSA) is 66.5 Å². The highest BCUT2D eigenvalue weighted by molar-refractivity contribution is 6.32. The molecule has 1 aromatic rings. The molecule has 104 valence electrons. The van der Waals surface area contributed by atoms with Gasteiger partial charge in [0.1, 0.15) is 5.92 Å². The van der Waals surface area contributed by atoms with E-state index in [0.29, 0.717) is 10.6 Å². The van der Waals surface area contributed by atoms with Gasteiger partial charge in [-0.1, -0.05) is 29.8 Å². The lowest BCUT2D eigenvalue weighted by Gasteiger charge is -2.34. The van der Waals surface area contributed by atoms with Gasteiger partial charge in [-0.3, -0.25) is 19.8 Å². The van der Waals surface area contributed by atoms with E-state index in [2.05, 4.69) is 5.32 Å². The van der Waals surface area contributed by atoms with Crippen molar-refractivity contribution < 1.29 is 14.4 Å². The molecule has 1 aliphatic carbocycles. The Morgan fingerprint density at radius 2 is 1.90 bits per heavy atom. The number of halogens is 1. The summed E-state index contributed by atoms with van der Waals surface area (Å²) in [5.74, 6) is -2.17. The van der Waals surface area contributed by atoms with Gasteiger partial charge in [0.05, 0.1) is 0 Å². The molecule has 1 atom stereocenters. The number of nitrogens with one attached hydrogen (secondary N) is 1. The number of hydrogen-bond acceptors (Lipinski definition) is 3. The van der Waals surface area contributed by atoms with Crippen molar-refractivity contribution in [2.45, 2.75) is 31.2 Å². The van der Waals surface area contributed by atoms with Crippen molar-refractivity contribution in [1.82, 2.24) is 10.2 Å². The Labute approximate surface area is 120 Å². The lowest BCUT2D eigenvalue weighted by molar-refractivity contribution is -0.140. The van der Waals surface area contributed by atoms with E-state index in [-0.39, 0.29) is 0 Å². The zero-order valence-electron chi connectivity index (χ0n) is 10.9. The van der Waals surface area contributed by atoms with Gasteiger partial charge < -0.3 is 0 Å². The minimum atomic E-state index is -1.06. The average Bonchev–Trinajstić information content (AvgIpc) is 3.09. The van der Waals surface area contributed by atoms with Gasteiger partial charge in [0.25, 0.3) is 0 Å². The predicted molar refractivity (Wildman–Crippen MR) is 72.2 cm³/mol. The molecule has 1 unspecified atom stereocenters. The normalized spacial score (nSPS) is 24.6. The first kappa shape index (κ1) is 13.1. The minimum Gasteiger partial charge on any atom is -0.277 e. The summed E-state index contributed by atoms with van der Waals surface area (Å²) in [4.78, 5) is 37.7. The summed E-state index contributed by atoms with van der Waals surface area (Å²) in [6.07, 6.45) is 1.52. The van der Waals surface area contributed by atoms with Crippen LogP contribution in [-0.4, -0.2) is 28.3 Å². The van der Waals surface area contributed by atoms with E-state index in [1.807, 2.05) is 6.92 Å². The van der Waals surface area contributed by atoms with E-state index in [0.717, 1.165) is 12.8 Å². The number of carbonyl (C=O) groups is 3. The SMILES string of the molecule is CC1(N2C(=O)NC(=O)C(c3ccccc3Cl)C2=O)CC1. The molecule has 0 spiro atoms. The van der Waals surface area contributed by atoms with E-state index in [1.165, 1.54) is 4.90 Å². The molecule has 0 radical (unpaired) electrons. The van der Waals surface area contributed by atoms with Gasteiger partial charge in [0.15, 0.2) is 0 Å². The van der Waals surface area contributed by atoms with Crippen LogP contribution >= 0.6 is 11.6 Å². The molecule has 4 amide bonds. The van der Waals surface area contributed by atoms with Crippen LogP contribution in [0.4, 0.5) is 4.79 Å². The number of carbonyl (C=O) groups excluding carboxylic acids is 3. The van der Waals surface area contributed by atoms with E-state index >= 15 is 0 Å². The van der Waals surface area contributed by atoms with Gasteiger partial charge >= 0.3 is 6.03 Å². The van der Waals surface area contributed by atoms with Crippen LogP contribution in [0, 0.1) is 0 Å².